The summed E-state index contributed by atoms with van der Waals surface area (Å²) in [5.74, 6) is 0.568. The van der Waals surface area contributed by atoms with Crippen LogP contribution in [0.2, 0.25) is 0 Å². The number of hydrogen-bond acceptors (Lipinski definition) is 5. The molecule has 6 nitrogen and oxygen atoms in total. The summed E-state index contributed by atoms with van der Waals surface area (Å²) in [6, 6.07) is 3.42. The molecule has 0 radical (unpaired) electrons. The van der Waals surface area contributed by atoms with E-state index in [0.717, 1.165) is 0 Å². The van der Waals surface area contributed by atoms with E-state index >= 15 is 0 Å². The van der Waals surface area contributed by atoms with Gasteiger partial charge in [-0.1, -0.05) is 12.2 Å². The zero-order chi connectivity index (χ0) is 12.9. The average Bonchev–Trinajstić information content (AvgIpc) is 2.29. The number of hydrogen-bond donors (Lipinski definition) is 3. The lowest BCUT2D eigenvalue weighted by molar-refractivity contribution is 0.588. The SMILES string of the molecule is CNS(=O)(=O)CCNc1ccc(C(N)=S)cn1. The van der Waals surface area contributed by atoms with Gasteiger partial charge in [-0.3, -0.25) is 0 Å². The third kappa shape index (κ3) is 4.63. The molecule has 0 fully saturated rings. The lowest BCUT2D eigenvalue weighted by atomic mass is 10.3. The minimum atomic E-state index is -3.19. The lowest BCUT2D eigenvalue weighted by Crippen LogP contribution is -2.26. The summed E-state index contributed by atoms with van der Waals surface area (Å²) in [5.41, 5.74) is 6.10. The van der Waals surface area contributed by atoms with E-state index in [-0.39, 0.29) is 17.3 Å². The second kappa shape index (κ2) is 5.89. The maximum Gasteiger partial charge on any atom is 0.213 e. The van der Waals surface area contributed by atoms with Gasteiger partial charge in [0.2, 0.25) is 10.0 Å². The summed E-state index contributed by atoms with van der Waals surface area (Å²) < 4.78 is 24.5. The Bertz CT molecular complexity index is 484. The highest BCUT2D eigenvalue weighted by atomic mass is 32.2. The van der Waals surface area contributed by atoms with Crippen LogP contribution < -0.4 is 15.8 Å². The van der Waals surface area contributed by atoms with Crippen LogP contribution in [0.4, 0.5) is 5.82 Å². The molecule has 1 aromatic rings. The van der Waals surface area contributed by atoms with E-state index < -0.39 is 10.0 Å². The van der Waals surface area contributed by atoms with Gasteiger partial charge in [0.05, 0.1) is 5.75 Å². The summed E-state index contributed by atoms with van der Waals surface area (Å²) in [6.45, 7) is 0.280. The van der Waals surface area contributed by atoms with Crippen molar-refractivity contribution in [3.05, 3.63) is 23.9 Å². The minimum absolute atomic E-state index is 0.0117. The van der Waals surface area contributed by atoms with Gasteiger partial charge in [-0.25, -0.2) is 18.1 Å². The molecule has 0 saturated carbocycles. The van der Waals surface area contributed by atoms with E-state index in [2.05, 4.69) is 15.0 Å². The van der Waals surface area contributed by atoms with Gasteiger partial charge in [-0.2, -0.15) is 0 Å². The third-order valence-electron chi connectivity index (χ3n) is 2.04. The first-order valence-corrected chi connectivity index (χ1v) is 6.91. The first kappa shape index (κ1) is 13.8. The maximum absolute atomic E-state index is 11.1. The number of aromatic nitrogens is 1. The number of pyridine rings is 1. The Morgan fingerprint density at radius 2 is 2.24 bits per heavy atom. The molecule has 0 aliphatic carbocycles. The lowest BCUT2D eigenvalue weighted by Gasteiger charge is -2.06. The molecule has 0 bridgehead atoms. The van der Waals surface area contributed by atoms with Crippen LogP contribution in [0.25, 0.3) is 0 Å². The van der Waals surface area contributed by atoms with E-state index in [1.165, 1.54) is 13.2 Å². The third-order valence-corrected chi connectivity index (χ3v) is 3.64. The normalized spacial score (nSPS) is 11.1. The van der Waals surface area contributed by atoms with Crippen LogP contribution in [-0.2, 0) is 10.0 Å². The van der Waals surface area contributed by atoms with Gasteiger partial charge >= 0.3 is 0 Å². The Kier molecular flexibility index (Phi) is 4.79. The van der Waals surface area contributed by atoms with Crippen LogP contribution in [-0.4, -0.2) is 37.7 Å². The Morgan fingerprint density at radius 1 is 1.53 bits per heavy atom. The molecule has 1 heterocycles. The fourth-order valence-electron chi connectivity index (χ4n) is 1.06. The predicted molar refractivity (Wildman–Crippen MR) is 71.5 cm³/mol. The van der Waals surface area contributed by atoms with Crippen molar-refractivity contribution in [3.8, 4) is 0 Å². The van der Waals surface area contributed by atoms with Crippen LogP contribution in [0.3, 0.4) is 0 Å². The highest BCUT2D eigenvalue weighted by Gasteiger charge is 2.06. The summed E-state index contributed by atoms with van der Waals surface area (Å²) >= 11 is 4.79. The van der Waals surface area contributed by atoms with Crippen molar-refractivity contribution in [3.63, 3.8) is 0 Å². The van der Waals surface area contributed by atoms with Crippen LogP contribution in [0.15, 0.2) is 18.3 Å². The molecule has 4 N–H and O–H groups in total. The van der Waals surface area contributed by atoms with E-state index in [4.69, 9.17) is 18.0 Å². The van der Waals surface area contributed by atoms with Gasteiger partial charge in [-0.15, -0.1) is 0 Å². The fraction of sp³-hybridized carbons (Fsp3) is 0.333. The summed E-state index contributed by atoms with van der Waals surface area (Å²) in [5, 5.41) is 2.89. The van der Waals surface area contributed by atoms with Gasteiger partial charge in [0.1, 0.15) is 10.8 Å². The van der Waals surface area contributed by atoms with Crippen LogP contribution in [0, 0.1) is 0 Å². The van der Waals surface area contributed by atoms with Crippen molar-refractivity contribution in [1.82, 2.24) is 9.71 Å². The number of thiocarbonyl (C=S) groups is 1. The monoisotopic (exact) mass is 274 g/mol. The molecule has 0 atom stereocenters. The molecule has 1 aromatic heterocycles. The molecule has 17 heavy (non-hydrogen) atoms. The molecule has 1 rings (SSSR count). The van der Waals surface area contributed by atoms with Gasteiger partial charge in [-0.05, 0) is 19.2 Å². The van der Waals surface area contributed by atoms with Gasteiger partial charge < -0.3 is 11.1 Å². The van der Waals surface area contributed by atoms with E-state index in [0.29, 0.717) is 11.4 Å². The minimum Gasteiger partial charge on any atom is -0.389 e. The van der Waals surface area contributed by atoms with Crippen LogP contribution >= 0.6 is 12.2 Å². The Balaban J connectivity index is 2.51. The van der Waals surface area contributed by atoms with Gasteiger partial charge in [0.15, 0.2) is 0 Å². The molecule has 0 aromatic carbocycles. The van der Waals surface area contributed by atoms with Crippen molar-refractivity contribution in [2.45, 2.75) is 0 Å². The summed E-state index contributed by atoms with van der Waals surface area (Å²) in [4.78, 5) is 4.33. The molecule has 0 saturated heterocycles. The smallest absolute Gasteiger partial charge is 0.213 e. The maximum atomic E-state index is 11.1. The number of rotatable bonds is 6. The largest absolute Gasteiger partial charge is 0.389 e. The second-order valence-electron chi connectivity index (χ2n) is 3.25. The number of sulfonamides is 1. The van der Waals surface area contributed by atoms with Crippen LogP contribution in [0.1, 0.15) is 5.56 Å². The van der Waals surface area contributed by atoms with E-state index in [1.807, 2.05) is 0 Å². The van der Waals surface area contributed by atoms with E-state index in [1.54, 1.807) is 12.1 Å². The summed E-state index contributed by atoms with van der Waals surface area (Å²) in [6.07, 6.45) is 1.54. The van der Waals surface area contributed by atoms with Crippen molar-refractivity contribution >= 4 is 33.0 Å². The zero-order valence-corrected chi connectivity index (χ0v) is 10.9. The van der Waals surface area contributed by atoms with E-state index in [9.17, 15) is 8.42 Å². The number of nitrogens with zero attached hydrogens (tertiary/aromatic N) is 1. The van der Waals surface area contributed by atoms with Gasteiger partial charge in [0, 0.05) is 18.3 Å². The Morgan fingerprint density at radius 3 is 2.71 bits per heavy atom. The molecule has 8 heteroatoms. The molecule has 0 aliphatic heterocycles. The number of nitrogens with two attached hydrogens (primary N) is 1. The fourth-order valence-corrected chi connectivity index (χ4v) is 1.76. The molecular formula is C9H14N4O2S2. The van der Waals surface area contributed by atoms with Crippen molar-refractivity contribution in [2.24, 2.45) is 5.73 Å². The standard InChI is InChI=1S/C9H14N4O2S2/c1-11-17(14,15)5-4-12-8-3-2-7(6-13-8)9(10)16/h2-3,6,11H,4-5H2,1H3,(H2,10,16)(H,12,13). The van der Waals surface area contributed by atoms with Gasteiger partial charge in [0.25, 0.3) is 0 Å². The topological polar surface area (TPSA) is 97.1 Å². The predicted octanol–water partition coefficient (Wildman–Crippen LogP) is -0.323. The average molecular weight is 274 g/mol. The highest BCUT2D eigenvalue weighted by Crippen LogP contribution is 2.04. The highest BCUT2D eigenvalue weighted by molar-refractivity contribution is 7.89. The zero-order valence-electron chi connectivity index (χ0n) is 9.30. The van der Waals surface area contributed by atoms with Crippen molar-refractivity contribution in [1.29, 1.82) is 0 Å². The summed E-state index contributed by atoms with van der Waals surface area (Å²) in [7, 11) is -1.81. The first-order valence-electron chi connectivity index (χ1n) is 4.85. The second-order valence-corrected chi connectivity index (χ2v) is 5.73. The molecular weight excluding hydrogens is 260 g/mol. The molecule has 0 unspecified atom stereocenters. The van der Waals surface area contributed by atoms with Crippen molar-refractivity contribution in [2.75, 3.05) is 24.7 Å². The first-order chi connectivity index (χ1) is 7.94. The van der Waals surface area contributed by atoms with Crippen molar-refractivity contribution < 1.29 is 8.42 Å². The molecule has 0 aliphatic rings. The molecule has 0 amide bonds. The molecule has 94 valence electrons. The Hall–Kier alpha value is -1.25. The molecule has 0 spiro atoms. The quantitative estimate of drug-likeness (QED) is 0.615. The Labute approximate surface area is 106 Å². The number of nitrogens with one attached hydrogen (secondary N) is 2. The van der Waals surface area contributed by atoms with Crippen LogP contribution in [0.5, 0.6) is 0 Å². The number of anilines is 1.